The number of piperazine rings is 1. The number of aromatic carboxylic acids is 1. The third-order valence-electron chi connectivity index (χ3n) is 8.50. The van der Waals surface area contributed by atoms with Crippen LogP contribution in [-0.2, 0) is 9.59 Å². The van der Waals surface area contributed by atoms with Crippen LogP contribution in [0.5, 0.6) is 0 Å². The first-order valence-corrected chi connectivity index (χ1v) is 15.3. The summed E-state index contributed by atoms with van der Waals surface area (Å²) in [5, 5.41) is 10.2. The van der Waals surface area contributed by atoms with Gasteiger partial charge in [0.15, 0.2) is 0 Å². The summed E-state index contributed by atoms with van der Waals surface area (Å²) < 4.78 is 0. The molecule has 1 aromatic carbocycles. The minimum absolute atomic E-state index is 0.00897. The van der Waals surface area contributed by atoms with E-state index in [-0.39, 0.29) is 23.4 Å². The van der Waals surface area contributed by atoms with Crippen LogP contribution in [0, 0.1) is 11.8 Å². The highest BCUT2D eigenvalue weighted by Gasteiger charge is 2.34. The van der Waals surface area contributed by atoms with Crippen LogP contribution in [0.4, 0.5) is 5.00 Å². The summed E-state index contributed by atoms with van der Waals surface area (Å²) in [4.78, 5) is 43.5. The van der Waals surface area contributed by atoms with Gasteiger partial charge in [-0.25, -0.2) is 4.79 Å². The highest BCUT2D eigenvalue weighted by molar-refractivity contribution is 7.20. The molecule has 2 amide bonds. The molecule has 1 saturated heterocycles. The molecule has 2 heterocycles. The van der Waals surface area contributed by atoms with Crippen molar-refractivity contribution in [2.45, 2.75) is 70.8 Å². The first-order chi connectivity index (χ1) is 18.9. The largest absolute Gasteiger partial charge is 0.478 e. The lowest BCUT2D eigenvalue weighted by Crippen LogP contribution is -2.50. The Bertz CT molecular complexity index is 1080. The second-order valence-electron chi connectivity index (χ2n) is 11.4. The number of benzene rings is 1. The number of hydrogen-bond donors (Lipinski definition) is 1. The number of anilines is 1. The third kappa shape index (κ3) is 7.70. The average Bonchev–Trinajstić information content (AvgIpc) is 3.41. The van der Waals surface area contributed by atoms with E-state index in [1.54, 1.807) is 11.0 Å². The molecule has 2 aromatic rings. The minimum atomic E-state index is -1.04. The first-order valence-electron chi connectivity index (χ1n) is 14.5. The van der Waals surface area contributed by atoms with Crippen molar-refractivity contribution in [1.29, 1.82) is 0 Å². The smallest absolute Gasteiger partial charge is 0.338 e. The van der Waals surface area contributed by atoms with E-state index < -0.39 is 5.97 Å². The molecular formula is C31H43N3O4S. The molecule has 3 fully saturated rings. The summed E-state index contributed by atoms with van der Waals surface area (Å²) in [6, 6.07) is 11.1. The Kier molecular flexibility index (Phi) is 10.6. The zero-order valence-electron chi connectivity index (χ0n) is 23.4. The SMILES string of the molecule is CC1CCCCC1.CN1CCN(C(=O)C2CCC(N(C=O)c3sc(-c4ccccc4)cc3C(=O)O)CC2)CC1. The summed E-state index contributed by atoms with van der Waals surface area (Å²) in [7, 11) is 2.07. The lowest BCUT2D eigenvalue weighted by molar-refractivity contribution is -0.138. The van der Waals surface area contributed by atoms with Crippen LogP contribution in [0.25, 0.3) is 10.4 Å². The maximum absolute atomic E-state index is 12.9. The number of nitrogens with zero attached hydrogens (tertiary/aromatic N) is 3. The van der Waals surface area contributed by atoms with E-state index in [0.717, 1.165) is 61.8 Å². The Morgan fingerprint density at radius 2 is 1.59 bits per heavy atom. The van der Waals surface area contributed by atoms with Crippen molar-refractivity contribution in [3.63, 3.8) is 0 Å². The van der Waals surface area contributed by atoms with Gasteiger partial charge in [0.2, 0.25) is 12.3 Å². The number of thiophene rings is 1. The third-order valence-corrected chi connectivity index (χ3v) is 9.69. The minimum Gasteiger partial charge on any atom is -0.478 e. The maximum Gasteiger partial charge on any atom is 0.338 e. The molecule has 2 saturated carbocycles. The first kappa shape index (κ1) is 29.3. The van der Waals surface area contributed by atoms with Crippen molar-refractivity contribution < 1.29 is 19.5 Å². The summed E-state index contributed by atoms with van der Waals surface area (Å²) in [5.41, 5.74) is 1.08. The Morgan fingerprint density at radius 3 is 2.13 bits per heavy atom. The van der Waals surface area contributed by atoms with Crippen molar-refractivity contribution in [1.82, 2.24) is 9.80 Å². The van der Waals surface area contributed by atoms with Crippen molar-refractivity contribution in [2.75, 3.05) is 38.1 Å². The van der Waals surface area contributed by atoms with Gasteiger partial charge in [0.05, 0.1) is 5.56 Å². The molecular weight excluding hydrogens is 510 g/mol. The molecule has 212 valence electrons. The standard InChI is InChI=1S/C24H29N3O4S.C7H14/c1-25-11-13-26(14-12-25)22(29)18-7-9-19(10-8-18)27(16-28)23-20(24(30)31)15-21(32-23)17-5-3-2-4-6-17;1-7-5-3-2-4-6-7/h2-6,15-16,18-19H,7-14H2,1H3,(H,30,31);7H,2-6H2,1H3. The predicted molar refractivity (Wildman–Crippen MR) is 157 cm³/mol. The second kappa shape index (κ2) is 14.1. The Labute approximate surface area is 236 Å². The van der Waals surface area contributed by atoms with E-state index in [1.807, 2.05) is 35.2 Å². The van der Waals surface area contributed by atoms with Gasteiger partial charge < -0.3 is 19.8 Å². The van der Waals surface area contributed by atoms with Crippen molar-refractivity contribution in [3.05, 3.63) is 42.0 Å². The average molecular weight is 554 g/mol. The summed E-state index contributed by atoms with van der Waals surface area (Å²) >= 11 is 1.33. The van der Waals surface area contributed by atoms with Gasteiger partial charge in [-0.2, -0.15) is 0 Å². The molecule has 3 aliphatic rings. The van der Waals surface area contributed by atoms with Crippen molar-refractivity contribution in [3.8, 4) is 10.4 Å². The van der Waals surface area contributed by atoms with Gasteiger partial charge >= 0.3 is 5.97 Å². The molecule has 0 unspecified atom stereocenters. The zero-order valence-corrected chi connectivity index (χ0v) is 24.2. The maximum atomic E-state index is 12.9. The summed E-state index contributed by atoms with van der Waals surface area (Å²) in [6.45, 7) is 5.71. The van der Waals surface area contributed by atoms with E-state index in [0.29, 0.717) is 17.8 Å². The van der Waals surface area contributed by atoms with Gasteiger partial charge in [0.1, 0.15) is 5.00 Å². The Balaban J connectivity index is 0.000000438. The topological polar surface area (TPSA) is 81.2 Å². The second-order valence-corrected chi connectivity index (χ2v) is 12.4. The van der Waals surface area contributed by atoms with Gasteiger partial charge in [-0.3, -0.25) is 9.59 Å². The van der Waals surface area contributed by atoms with Crippen LogP contribution >= 0.6 is 11.3 Å². The van der Waals surface area contributed by atoms with E-state index in [9.17, 15) is 19.5 Å². The van der Waals surface area contributed by atoms with Crippen LogP contribution < -0.4 is 4.90 Å². The molecule has 2 aliphatic carbocycles. The molecule has 1 N–H and O–H groups in total. The molecule has 1 aromatic heterocycles. The van der Waals surface area contributed by atoms with E-state index in [4.69, 9.17) is 0 Å². The van der Waals surface area contributed by atoms with E-state index in [2.05, 4.69) is 18.9 Å². The van der Waals surface area contributed by atoms with Crippen molar-refractivity contribution >= 4 is 34.6 Å². The van der Waals surface area contributed by atoms with Gasteiger partial charge in [-0.1, -0.05) is 69.4 Å². The fourth-order valence-electron chi connectivity index (χ4n) is 5.96. The lowest BCUT2D eigenvalue weighted by Gasteiger charge is -2.38. The van der Waals surface area contributed by atoms with Crippen LogP contribution in [-0.4, -0.2) is 72.5 Å². The fourth-order valence-corrected chi connectivity index (χ4v) is 7.16. The number of likely N-dealkylation sites (N-methyl/N-ethyl adjacent to an activating group) is 1. The molecule has 0 spiro atoms. The summed E-state index contributed by atoms with van der Waals surface area (Å²) in [6.07, 6.45) is 11.0. The molecule has 0 radical (unpaired) electrons. The zero-order chi connectivity index (χ0) is 27.8. The van der Waals surface area contributed by atoms with Crippen molar-refractivity contribution in [2.24, 2.45) is 11.8 Å². The van der Waals surface area contributed by atoms with Crippen LogP contribution in [0.3, 0.4) is 0 Å². The quantitative estimate of drug-likeness (QED) is 0.444. The molecule has 0 atom stereocenters. The van der Waals surface area contributed by atoms with Crippen LogP contribution in [0.2, 0.25) is 0 Å². The number of carboxylic acids is 1. The number of carboxylic acid groups (broad SMARTS) is 1. The summed E-state index contributed by atoms with van der Waals surface area (Å²) in [5.74, 6) is 0.214. The van der Waals surface area contributed by atoms with Gasteiger partial charge in [0.25, 0.3) is 0 Å². The highest BCUT2D eigenvalue weighted by Crippen LogP contribution is 2.40. The normalized spacial score (nSPS) is 22.5. The van der Waals surface area contributed by atoms with Gasteiger partial charge in [-0.15, -0.1) is 11.3 Å². The number of hydrogen-bond acceptors (Lipinski definition) is 5. The number of carbonyl (C=O) groups is 3. The monoisotopic (exact) mass is 553 g/mol. The lowest BCUT2D eigenvalue weighted by atomic mass is 9.84. The van der Waals surface area contributed by atoms with Crippen LogP contribution in [0.15, 0.2) is 36.4 Å². The molecule has 8 heteroatoms. The van der Waals surface area contributed by atoms with E-state index >= 15 is 0 Å². The molecule has 1 aliphatic heterocycles. The van der Waals surface area contributed by atoms with Gasteiger partial charge in [0, 0.05) is 43.0 Å². The number of rotatable bonds is 6. The predicted octanol–water partition coefficient (Wildman–Crippen LogP) is 6.00. The Morgan fingerprint density at radius 1 is 0.949 bits per heavy atom. The van der Waals surface area contributed by atoms with Crippen LogP contribution in [0.1, 0.15) is 75.1 Å². The highest BCUT2D eigenvalue weighted by atomic mass is 32.1. The molecule has 7 nitrogen and oxygen atoms in total. The van der Waals surface area contributed by atoms with E-state index in [1.165, 1.54) is 43.4 Å². The molecule has 39 heavy (non-hydrogen) atoms. The molecule has 0 bridgehead atoms. The number of amides is 2. The Hall–Kier alpha value is -2.71. The molecule has 5 rings (SSSR count). The fraction of sp³-hybridized carbons (Fsp3) is 0.581. The number of carbonyl (C=O) groups excluding carboxylic acids is 2. The van der Waals surface area contributed by atoms with Gasteiger partial charge in [-0.05, 0) is 50.3 Å².